The van der Waals surface area contributed by atoms with Crippen molar-refractivity contribution in [2.45, 2.75) is 38.3 Å². The first-order valence-electron chi connectivity index (χ1n) is 24.0. The number of nitrogens with one attached hydrogen (secondary N) is 2. The van der Waals surface area contributed by atoms with E-state index in [-0.39, 0.29) is 30.4 Å². The molecule has 4 N–H and O–H groups in total. The Bertz CT molecular complexity index is 2040. The molecule has 1 aliphatic heterocycles. The highest BCUT2D eigenvalue weighted by atomic mass is 16.6. The average Bonchev–Trinajstić information content (AvgIpc) is 4.00. The molecule has 0 spiro atoms. The van der Waals surface area contributed by atoms with Gasteiger partial charge in [0.1, 0.15) is 11.4 Å². The second-order valence-corrected chi connectivity index (χ2v) is 17.0. The lowest BCUT2D eigenvalue weighted by Crippen LogP contribution is -2.36. The standard InChI is InChI=1S/C50H68N6O13/c57-47(51-17-23-63-29-30-64-24-18-52-50(62)69-36-42-40-8-3-1-2-4-9-41(40)42)38-15-13-37(14-16-38)46(43-10-6-12-45(54-43)49(60)61)56-21-27-67-33-31-65-25-19-55(20-26-66-32-34-68-28-22-56)35-39-7-5-11-44(53-39)48(58)59/h1-2,5-7,10-16,40-42,46H,3-4,8-9,17-36H2,(H,51,57)(H,52,62)(H,58,59)(H,60,61)/b2-1-/t40-,41+,42-,46?. The fourth-order valence-electron chi connectivity index (χ4n) is 8.61. The topological polar surface area (TPSA) is 230 Å². The molecule has 3 aromatic rings. The number of alkyl carbamates (subject to hydrolysis) is 1. The number of fused-ring (bicyclic) bond motifs is 1. The zero-order chi connectivity index (χ0) is 48.5. The van der Waals surface area contributed by atoms with E-state index in [1.165, 1.54) is 25.0 Å². The van der Waals surface area contributed by atoms with Crippen molar-refractivity contribution < 1.29 is 62.5 Å². The first kappa shape index (κ1) is 53.0. The number of benzene rings is 1. The fourth-order valence-corrected chi connectivity index (χ4v) is 8.61. The van der Waals surface area contributed by atoms with E-state index >= 15 is 0 Å². The molecule has 1 saturated heterocycles. The summed E-state index contributed by atoms with van der Waals surface area (Å²) >= 11 is 0. The number of carbonyl (C=O) groups is 4. The molecule has 1 unspecified atom stereocenters. The van der Waals surface area contributed by atoms with Gasteiger partial charge in [0.25, 0.3) is 5.91 Å². The van der Waals surface area contributed by atoms with Crippen LogP contribution in [0.15, 0.2) is 72.8 Å². The van der Waals surface area contributed by atoms with E-state index in [9.17, 15) is 29.4 Å². The average molecular weight is 961 g/mol. The van der Waals surface area contributed by atoms with Crippen molar-refractivity contribution in [3.05, 3.63) is 107 Å². The number of pyridine rings is 2. The number of nitrogens with zero attached hydrogens (tertiary/aromatic N) is 4. The van der Waals surface area contributed by atoms with Crippen LogP contribution in [0.1, 0.15) is 80.0 Å². The number of carbonyl (C=O) groups excluding carboxylic acids is 2. The lowest BCUT2D eigenvalue weighted by molar-refractivity contribution is 0.00331. The van der Waals surface area contributed by atoms with Gasteiger partial charge in [-0.1, -0.05) is 36.4 Å². The van der Waals surface area contributed by atoms with Crippen LogP contribution in [-0.2, 0) is 39.7 Å². The molecule has 1 saturated carbocycles. The maximum atomic E-state index is 13.1. The van der Waals surface area contributed by atoms with Gasteiger partial charge in [0, 0.05) is 51.4 Å². The van der Waals surface area contributed by atoms with E-state index in [4.69, 9.17) is 33.2 Å². The van der Waals surface area contributed by atoms with Crippen LogP contribution in [0, 0.1) is 17.8 Å². The smallest absolute Gasteiger partial charge is 0.407 e. The third-order valence-corrected chi connectivity index (χ3v) is 12.3. The molecular weight excluding hydrogens is 893 g/mol. The Kier molecular flexibility index (Phi) is 22.7. The van der Waals surface area contributed by atoms with Crippen molar-refractivity contribution in [2.24, 2.45) is 17.8 Å². The van der Waals surface area contributed by atoms with Gasteiger partial charge in [-0.3, -0.25) is 14.6 Å². The first-order valence-corrected chi connectivity index (χ1v) is 24.0. The quantitative estimate of drug-likeness (QED) is 0.0968. The maximum absolute atomic E-state index is 13.1. The number of allylic oxidation sites excluding steroid dienone is 2. The predicted molar refractivity (Wildman–Crippen MR) is 252 cm³/mol. The van der Waals surface area contributed by atoms with Gasteiger partial charge in [0.15, 0.2) is 0 Å². The molecule has 2 aliphatic carbocycles. The summed E-state index contributed by atoms with van der Waals surface area (Å²) in [4.78, 5) is 61.7. The minimum absolute atomic E-state index is 0.00613. The van der Waals surface area contributed by atoms with Crippen molar-refractivity contribution in [2.75, 3.05) is 125 Å². The van der Waals surface area contributed by atoms with Crippen LogP contribution in [0.2, 0.25) is 0 Å². The van der Waals surface area contributed by atoms with E-state index < -0.39 is 24.1 Å². The summed E-state index contributed by atoms with van der Waals surface area (Å²) in [5.74, 6) is -0.659. The van der Waals surface area contributed by atoms with Crippen LogP contribution >= 0.6 is 0 Å². The van der Waals surface area contributed by atoms with Crippen molar-refractivity contribution in [1.29, 1.82) is 0 Å². The predicted octanol–water partition coefficient (Wildman–Crippen LogP) is 4.33. The molecule has 0 radical (unpaired) electrons. The molecule has 376 valence electrons. The van der Waals surface area contributed by atoms with Crippen LogP contribution in [0.4, 0.5) is 4.79 Å². The third kappa shape index (κ3) is 18.5. The zero-order valence-corrected chi connectivity index (χ0v) is 39.4. The molecule has 69 heavy (non-hydrogen) atoms. The van der Waals surface area contributed by atoms with Gasteiger partial charge in [0.05, 0.1) is 103 Å². The molecule has 2 fully saturated rings. The monoisotopic (exact) mass is 960 g/mol. The highest BCUT2D eigenvalue weighted by Crippen LogP contribution is 2.52. The van der Waals surface area contributed by atoms with Crippen LogP contribution in [0.5, 0.6) is 0 Å². The Morgan fingerprint density at radius 2 is 1.20 bits per heavy atom. The van der Waals surface area contributed by atoms with E-state index in [2.05, 4.69) is 42.6 Å². The molecule has 2 amide bonds. The number of rotatable bonds is 19. The number of aromatic nitrogens is 2. The SMILES string of the molecule is O=C(NCCOCCOCCNC(=O)c1ccc(C(c2cccc(C(=O)O)n2)N2CCOCCOCCN(Cc3cccc(C(=O)O)n3)CCOCCOCC2)cc1)OC[C@@H]1[C@@H]2CC/C=C\CC[C@@H]21. The van der Waals surface area contributed by atoms with Crippen LogP contribution in [-0.4, -0.2) is 179 Å². The molecule has 0 bridgehead atoms. The van der Waals surface area contributed by atoms with Gasteiger partial charge in [-0.15, -0.1) is 0 Å². The molecule has 1 aromatic carbocycles. The number of aromatic carboxylic acids is 2. The minimum atomic E-state index is -1.14. The summed E-state index contributed by atoms with van der Waals surface area (Å²) in [5.41, 5.74) is 2.29. The fraction of sp³-hybridized carbons (Fsp3) is 0.560. The summed E-state index contributed by atoms with van der Waals surface area (Å²) in [7, 11) is 0. The van der Waals surface area contributed by atoms with Crippen molar-refractivity contribution >= 4 is 23.9 Å². The van der Waals surface area contributed by atoms with Crippen molar-refractivity contribution in [3.8, 4) is 0 Å². The summed E-state index contributed by atoms with van der Waals surface area (Å²) < 4.78 is 40.5. The van der Waals surface area contributed by atoms with E-state index in [1.807, 2.05) is 12.1 Å². The van der Waals surface area contributed by atoms with Crippen molar-refractivity contribution in [3.63, 3.8) is 0 Å². The maximum Gasteiger partial charge on any atom is 0.407 e. The Balaban J connectivity index is 0.930. The van der Waals surface area contributed by atoms with Gasteiger partial charge in [-0.25, -0.2) is 24.4 Å². The summed E-state index contributed by atoms with van der Waals surface area (Å²) in [6, 6.07) is 16.5. The van der Waals surface area contributed by atoms with Gasteiger partial charge >= 0.3 is 18.0 Å². The Hall–Kier alpha value is -5.38. The van der Waals surface area contributed by atoms with Crippen LogP contribution in [0.25, 0.3) is 0 Å². The van der Waals surface area contributed by atoms with Gasteiger partial charge < -0.3 is 54.0 Å². The Morgan fingerprint density at radius 3 is 1.80 bits per heavy atom. The molecule has 6 rings (SSSR count). The zero-order valence-electron chi connectivity index (χ0n) is 39.4. The molecule has 2 aromatic heterocycles. The summed E-state index contributed by atoms with van der Waals surface area (Å²) in [5, 5.41) is 24.8. The van der Waals surface area contributed by atoms with Gasteiger partial charge in [-0.2, -0.15) is 0 Å². The second kappa shape index (κ2) is 29.6. The lowest BCUT2D eigenvalue weighted by Gasteiger charge is -2.32. The van der Waals surface area contributed by atoms with Gasteiger partial charge in [0.2, 0.25) is 0 Å². The van der Waals surface area contributed by atoms with Gasteiger partial charge in [-0.05, 0) is 85.4 Å². The number of hydrogen-bond acceptors (Lipinski definition) is 15. The minimum Gasteiger partial charge on any atom is -0.477 e. The molecule has 19 heteroatoms. The highest BCUT2D eigenvalue weighted by molar-refractivity contribution is 5.94. The second-order valence-electron chi connectivity index (χ2n) is 17.0. The van der Waals surface area contributed by atoms with E-state index in [1.54, 1.807) is 36.4 Å². The number of carboxylic acids is 2. The highest BCUT2D eigenvalue weighted by Gasteiger charge is 2.49. The number of carboxylic acid groups (broad SMARTS) is 2. The lowest BCUT2D eigenvalue weighted by atomic mass is 9.99. The largest absolute Gasteiger partial charge is 0.477 e. The first-order chi connectivity index (χ1) is 33.8. The van der Waals surface area contributed by atoms with E-state index in [0.717, 1.165) is 18.4 Å². The van der Waals surface area contributed by atoms with Crippen molar-refractivity contribution in [1.82, 2.24) is 30.4 Å². The van der Waals surface area contributed by atoms with Crippen LogP contribution in [0.3, 0.4) is 0 Å². The number of amides is 2. The molecule has 3 heterocycles. The Morgan fingerprint density at radius 1 is 0.652 bits per heavy atom. The molecule has 3 aliphatic rings. The molecular formula is C50H68N6O13. The number of ether oxygens (including phenoxy) is 7. The van der Waals surface area contributed by atoms with E-state index in [0.29, 0.717) is 153 Å². The Labute approximate surface area is 403 Å². The summed E-state index contributed by atoms with van der Waals surface area (Å²) in [6.07, 6.45) is 8.66. The molecule has 4 atom stereocenters. The number of hydrogen-bond donors (Lipinski definition) is 4. The normalized spacial score (nSPS) is 21.2. The molecule has 19 nitrogen and oxygen atoms in total. The summed E-state index contributed by atoms with van der Waals surface area (Å²) in [6.45, 7) is 7.74. The third-order valence-electron chi connectivity index (χ3n) is 12.3. The van der Waals surface area contributed by atoms with Crippen LogP contribution < -0.4 is 10.6 Å².